The number of ether oxygens (including phenoxy) is 1. The Morgan fingerprint density at radius 2 is 2.00 bits per heavy atom. The van der Waals surface area contributed by atoms with Crippen molar-refractivity contribution < 1.29 is 9.53 Å². The van der Waals surface area contributed by atoms with Gasteiger partial charge in [0.2, 0.25) is 0 Å². The van der Waals surface area contributed by atoms with Gasteiger partial charge < -0.3 is 9.64 Å². The number of carbonyl (C=O) groups is 1. The van der Waals surface area contributed by atoms with Crippen molar-refractivity contribution in [3.63, 3.8) is 0 Å². The van der Waals surface area contributed by atoms with Gasteiger partial charge in [0.25, 0.3) is 0 Å². The van der Waals surface area contributed by atoms with Crippen LogP contribution in [0.15, 0.2) is 0 Å². The molecular formula is C13H19NO2. The zero-order valence-electron chi connectivity index (χ0n) is 10.2. The second-order valence-electron chi connectivity index (χ2n) is 6.11. The van der Waals surface area contributed by atoms with Gasteiger partial charge in [0.05, 0.1) is 0 Å². The van der Waals surface area contributed by atoms with Gasteiger partial charge in [0, 0.05) is 24.4 Å². The summed E-state index contributed by atoms with van der Waals surface area (Å²) in [5.74, 6) is 3.20. The molecule has 0 atom stereocenters. The largest absolute Gasteiger partial charge is 0.444 e. The zero-order valence-corrected chi connectivity index (χ0v) is 10.2. The van der Waals surface area contributed by atoms with Crippen LogP contribution >= 0.6 is 0 Å². The van der Waals surface area contributed by atoms with Crippen LogP contribution in [0.3, 0.4) is 0 Å². The molecule has 1 saturated carbocycles. The van der Waals surface area contributed by atoms with Gasteiger partial charge in [-0.3, -0.25) is 0 Å². The Balaban J connectivity index is 1.77. The highest BCUT2D eigenvalue weighted by Gasteiger charge is 2.53. The Hall–Kier alpha value is -1.17. The molecule has 1 amide bonds. The molecule has 0 radical (unpaired) electrons. The molecule has 1 aliphatic heterocycles. The first-order valence-corrected chi connectivity index (χ1v) is 5.78. The summed E-state index contributed by atoms with van der Waals surface area (Å²) in [7, 11) is 0. The summed E-state index contributed by atoms with van der Waals surface area (Å²) in [5, 5.41) is 0. The minimum absolute atomic E-state index is 0.192. The van der Waals surface area contributed by atoms with Crippen LogP contribution in [0.25, 0.3) is 0 Å². The maximum absolute atomic E-state index is 11.7. The topological polar surface area (TPSA) is 29.5 Å². The summed E-state index contributed by atoms with van der Waals surface area (Å²) in [6.07, 6.45) is 7.31. The first kappa shape index (κ1) is 11.3. The summed E-state index contributed by atoms with van der Waals surface area (Å²) in [6, 6.07) is 0. The van der Waals surface area contributed by atoms with Gasteiger partial charge in [-0.2, -0.15) is 0 Å². The van der Waals surface area contributed by atoms with Gasteiger partial charge in [-0.1, -0.05) is 0 Å². The fourth-order valence-electron chi connectivity index (χ4n) is 2.58. The molecule has 0 aromatic rings. The Bertz CT molecular complexity index is 334. The van der Waals surface area contributed by atoms with E-state index in [1.54, 1.807) is 4.90 Å². The van der Waals surface area contributed by atoms with Crippen LogP contribution < -0.4 is 0 Å². The van der Waals surface area contributed by atoms with Crippen molar-refractivity contribution in [1.82, 2.24) is 4.90 Å². The molecule has 1 saturated heterocycles. The van der Waals surface area contributed by atoms with Crippen LogP contribution in [0.4, 0.5) is 4.79 Å². The van der Waals surface area contributed by atoms with E-state index in [0.717, 1.165) is 25.9 Å². The highest BCUT2D eigenvalue weighted by Crippen LogP contribution is 2.51. The van der Waals surface area contributed by atoms with E-state index in [4.69, 9.17) is 11.2 Å². The molecule has 2 rings (SSSR count). The number of carbonyl (C=O) groups excluding carboxylic acids is 1. The maximum Gasteiger partial charge on any atom is 0.410 e. The molecule has 3 heteroatoms. The summed E-state index contributed by atoms with van der Waals surface area (Å²) in [4.78, 5) is 13.5. The average molecular weight is 221 g/mol. The third-order valence-corrected chi connectivity index (χ3v) is 3.30. The molecule has 1 heterocycles. The van der Waals surface area contributed by atoms with Crippen LogP contribution in [-0.2, 0) is 4.74 Å². The van der Waals surface area contributed by atoms with Gasteiger partial charge in [0.1, 0.15) is 5.60 Å². The predicted octanol–water partition coefficient (Wildman–Crippen LogP) is 2.27. The number of hydrogen-bond acceptors (Lipinski definition) is 2. The lowest BCUT2D eigenvalue weighted by molar-refractivity contribution is -0.0832. The number of rotatable bonds is 0. The van der Waals surface area contributed by atoms with E-state index in [1.807, 2.05) is 20.8 Å². The first-order chi connectivity index (χ1) is 7.34. The fraction of sp³-hybridized carbons (Fsp3) is 0.769. The lowest BCUT2D eigenvalue weighted by atomic mass is 9.58. The van der Waals surface area contributed by atoms with Crippen LogP contribution in [0, 0.1) is 23.7 Å². The van der Waals surface area contributed by atoms with E-state index in [-0.39, 0.29) is 6.09 Å². The van der Waals surface area contributed by atoms with Gasteiger partial charge in [-0.25, -0.2) is 4.79 Å². The molecule has 0 aromatic carbocycles. The molecule has 88 valence electrons. The van der Waals surface area contributed by atoms with Crippen LogP contribution in [0.5, 0.6) is 0 Å². The second kappa shape index (κ2) is 3.41. The fourth-order valence-corrected chi connectivity index (χ4v) is 2.58. The molecule has 0 N–H and O–H groups in total. The molecule has 1 spiro atoms. The molecule has 0 bridgehead atoms. The standard InChI is InChI=1S/C13H19NO2/c1-5-10-6-13(7-10)8-14(9-13)11(15)16-12(2,3)4/h1,10H,6-9H2,2-4H3. The summed E-state index contributed by atoms with van der Waals surface area (Å²) < 4.78 is 5.30. The Labute approximate surface area is 97.1 Å². The Morgan fingerprint density at radius 1 is 1.44 bits per heavy atom. The SMILES string of the molecule is C#CC1CC2(C1)CN(C(=O)OC(C)(C)C)C2. The van der Waals surface area contributed by atoms with Crippen LogP contribution in [0.1, 0.15) is 33.6 Å². The van der Waals surface area contributed by atoms with E-state index >= 15 is 0 Å². The predicted molar refractivity (Wildman–Crippen MR) is 61.8 cm³/mol. The van der Waals surface area contributed by atoms with E-state index in [2.05, 4.69) is 5.92 Å². The van der Waals surface area contributed by atoms with Gasteiger partial charge >= 0.3 is 6.09 Å². The lowest BCUT2D eigenvalue weighted by Crippen LogP contribution is -2.64. The van der Waals surface area contributed by atoms with Crippen molar-refractivity contribution in [3.05, 3.63) is 0 Å². The summed E-state index contributed by atoms with van der Waals surface area (Å²) in [5.41, 5.74) is -0.0747. The number of hydrogen-bond donors (Lipinski definition) is 0. The highest BCUT2D eigenvalue weighted by molar-refractivity contribution is 5.69. The van der Waals surface area contributed by atoms with Crippen molar-refractivity contribution in [2.75, 3.05) is 13.1 Å². The quantitative estimate of drug-likeness (QED) is 0.587. The summed E-state index contributed by atoms with van der Waals surface area (Å²) in [6.45, 7) is 7.30. The minimum atomic E-state index is -0.402. The highest BCUT2D eigenvalue weighted by atomic mass is 16.6. The third kappa shape index (κ3) is 2.02. The van der Waals surface area contributed by atoms with Crippen molar-refractivity contribution in [2.24, 2.45) is 11.3 Å². The minimum Gasteiger partial charge on any atom is -0.444 e. The number of amides is 1. The van der Waals surface area contributed by atoms with Crippen molar-refractivity contribution in [1.29, 1.82) is 0 Å². The number of terminal acetylenes is 1. The lowest BCUT2D eigenvalue weighted by Gasteiger charge is -2.57. The van der Waals surface area contributed by atoms with E-state index in [0.29, 0.717) is 11.3 Å². The van der Waals surface area contributed by atoms with E-state index in [1.165, 1.54) is 0 Å². The summed E-state index contributed by atoms with van der Waals surface area (Å²) >= 11 is 0. The van der Waals surface area contributed by atoms with Gasteiger partial charge in [-0.15, -0.1) is 12.3 Å². The Kier molecular flexibility index (Phi) is 2.41. The molecule has 2 fully saturated rings. The molecule has 1 aliphatic carbocycles. The Morgan fingerprint density at radius 3 is 2.44 bits per heavy atom. The van der Waals surface area contributed by atoms with E-state index in [9.17, 15) is 4.79 Å². The van der Waals surface area contributed by atoms with Crippen molar-refractivity contribution >= 4 is 6.09 Å². The smallest absolute Gasteiger partial charge is 0.410 e. The van der Waals surface area contributed by atoms with Gasteiger partial charge in [-0.05, 0) is 33.6 Å². The maximum atomic E-state index is 11.7. The average Bonchev–Trinajstić information content (AvgIpc) is 1.95. The van der Waals surface area contributed by atoms with Crippen LogP contribution in [-0.4, -0.2) is 29.7 Å². The monoisotopic (exact) mass is 221 g/mol. The molecule has 3 nitrogen and oxygen atoms in total. The normalized spacial score (nSPS) is 23.2. The molecule has 0 aromatic heterocycles. The number of likely N-dealkylation sites (tertiary alicyclic amines) is 1. The zero-order chi connectivity index (χ0) is 12.0. The van der Waals surface area contributed by atoms with Crippen molar-refractivity contribution in [2.45, 2.75) is 39.2 Å². The third-order valence-electron chi connectivity index (χ3n) is 3.30. The van der Waals surface area contributed by atoms with Crippen molar-refractivity contribution in [3.8, 4) is 12.3 Å². The molecule has 16 heavy (non-hydrogen) atoms. The second-order valence-corrected chi connectivity index (χ2v) is 6.11. The molecule has 0 unspecified atom stereocenters. The first-order valence-electron chi connectivity index (χ1n) is 5.78. The van der Waals surface area contributed by atoms with Gasteiger partial charge in [0.15, 0.2) is 0 Å². The number of nitrogens with zero attached hydrogens (tertiary/aromatic N) is 1. The van der Waals surface area contributed by atoms with Crippen LogP contribution in [0.2, 0.25) is 0 Å². The molecular weight excluding hydrogens is 202 g/mol. The molecule has 2 aliphatic rings. The van der Waals surface area contributed by atoms with E-state index < -0.39 is 5.60 Å².